The second-order valence-electron chi connectivity index (χ2n) is 8.70. The minimum atomic E-state index is -0.529. The van der Waals surface area contributed by atoms with E-state index in [-0.39, 0.29) is 5.82 Å². The van der Waals surface area contributed by atoms with Gasteiger partial charge in [-0.3, -0.25) is 0 Å². The van der Waals surface area contributed by atoms with Crippen LogP contribution < -0.4 is 10.1 Å². The number of anilines is 1. The molecule has 184 valence electrons. The van der Waals surface area contributed by atoms with Crippen molar-refractivity contribution in [2.75, 3.05) is 19.0 Å². The van der Waals surface area contributed by atoms with Crippen molar-refractivity contribution in [3.05, 3.63) is 76.7 Å². The predicted molar refractivity (Wildman–Crippen MR) is 134 cm³/mol. The van der Waals surface area contributed by atoms with E-state index in [2.05, 4.69) is 29.2 Å². The first-order valence-corrected chi connectivity index (χ1v) is 12.5. The minimum absolute atomic E-state index is 0.263. The van der Waals surface area contributed by atoms with Crippen LogP contribution in [-0.2, 0) is 15.3 Å². The Morgan fingerprint density at radius 1 is 1.20 bits per heavy atom. The minimum Gasteiger partial charge on any atom is -0.494 e. The number of hydrogen-bond donors (Lipinski definition) is 1. The highest BCUT2D eigenvalue weighted by Gasteiger charge is 2.35. The number of nitrogens with one attached hydrogen (secondary N) is 1. The number of halogens is 1. The van der Waals surface area contributed by atoms with E-state index in [0.29, 0.717) is 46.2 Å². The molecule has 2 heterocycles. The summed E-state index contributed by atoms with van der Waals surface area (Å²) in [6.45, 7) is 6.77. The van der Waals surface area contributed by atoms with E-state index in [1.165, 1.54) is 24.9 Å². The van der Waals surface area contributed by atoms with E-state index in [1.807, 2.05) is 31.2 Å². The van der Waals surface area contributed by atoms with Crippen molar-refractivity contribution in [3.63, 3.8) is 0 Å². The van der Waals surface area contributed by atoms with E-state index in [4.69, 9.17) is 9.47 Å². The Kier molecular flexibility index (Phi) is 7.75. The quantitative estimate of drug-likeness (QED) is 0.305. The van der Waals surface area contributed by atoms with Gasteiger partial charge in [0, 0.05) is 11.4 Å². The Balaban J connectivity index is 1.61. The first kappa shape index (κ1) is 24.8. The molecular weight excluding hydrogens is 467 g/mol. The first-order chi connectivity index (χ1) is 16.9. The zero-order valence-electron chi connectivity index (χ0n) is 20.2. The number of thioether (sulfide) groups is 1. The maximum absolute atomic E-state index is 14.0. The third kappa shape index (κ3) is 5.67. The molecule has 0 bridgehead atoms. The summed E-state index contributed by atoms with van der Waals surface area (Å²) >= 11 is 1.33. The van der Waals surface area contributed by atoms with Crippen LogP contribution in [0.2, 0.25) is 0 Å². The van der Waals surface area contributed by atoms with Crippen LogP contribution in [0.4, 0.5) is 10.3 Å². The number of rotatable bonds is 9. The summed E-state index contributed by atoms with van der Waals surface area (Å²) in [6.07, 6.45) is 0.972. The predicted octanol–water partition coefficient (Wildman–Crippen LogP) is 5.60. The van der Waals surface area contributed by atoms with Gasteiger partial charge in [-0.05, 0) is 48.6 Å². The normalized spacial score (nSPS) is 15.1. The number of nitrogens with zero attached hydrogens (tertiary/aromatic N) is 3. The highest BCUT2D eigenvalue weighted by atomic mass is 32.2. The molecule has 0 spiro atoms. The van der Waals surface area contributed by atoms with Gasteiger partial charge in [-0.1, -0.05) is 55.9 Å². The molecule has 1 N–H and O–H groups in total. The number of benzene rings is 2. The Morgan fingerprint density at radius 2 is 1.94 bits per heavy atom. The standard InChI is InChI=1S/C26H29FN4O3S/c1-16(2)13-14-34-20-11-9-18(10-12-20)23-22(24(32)33-4)17(3)28-25-29-26(30-31(23)25)35-15-19-7-5-6-8-21(19)27/h5-12,16,23H,13-15H2,1-4H3,(H,28,29,30). The molecule has 0 saturated carbocycles. The van der Waals surface area contributed by atoms with Crippen LogP contribution in [-0.4, -0.2) is 34.5 Å². The zero-order chi connectivity index (χ0) is 24.9. The lowest BCUT2D eigenvalue weighted by molar-refractivity contribution is -0.136. The van der Waals surface area contributed by atoms with E-state index < -0.39 is 12.0 Å². The van der Waals surface area contributed by atoms with Crippen LogP contribution in [0.1, 0.15) is 44.4 Å². The summed E-state index contributed by atoms with van der Waals surface area (Å²) in [5, 5.41) is 8.30. The van der Waals surface area contributed by atoms with Gasteiger partial charge in [0.2, 0.25) is 11.1 Å². The summed E-state index contributed by atoms with van der Waals surface area (Å²) in [4.78, 5) is 17.3. The van der Waals surface area contributed by atoms with Crippen LogP contribution in [0.25, 0.3) is 0 Å². The van der Waals surface area contributed by atoms with Gasteiger partial charge < -0.3 is 14.8 Å². The number of esters is 1. The van der Waals surface area contributed by atoms with Crippen molar-refractivity contribution in [3.8, 4) is 5.75 Å². The Bertz CT molecular complexity index is 1220. The smallest absolute Gasteiger partial charge is 0.338 e. The lowest BCUT2D eigenvalue weighted by Gasteiger charge is -2.27. The molecule has 35 heavy (non-hydrogen) atoms. The Hall–Kier alpha value is -3.33. The number of carbonyl (C=O) groups is 1. The van der Waals surface area contributed by atoms with Gasteiger partial charge in [0.25, 0.3) is 0 Å². The number of allylic oxidation sites excluding steroid dienone is 1. The van der Waals surface area contributed by atoms with E-state index in [9.17, 15) is 9.18 Å². The summed E-state index contributed by atoms with van der Waals surface area (Å²) in [5.41, 5.74) is 2.51. The SMILES string of the molecule is COC(=O)C1=C(C)Nc2nc(SCc3ccccc3F)nn2C1c1ccc(OCCC(C)C)cc1. The largest absolute Gasteiger partial charge is 0.494 e. The third-order valence-electron chi connectivity index (χ3n) is 5.71. The fourth-order valence-electron chi connectivity index (χ4n) is 3.79. The molecule has 0 radical (unpaired) electrons. The maximum atomic E-state index is 14.0. The molecule has 1 aliphatic rings. The summed E-state index contributed by atoms with van der Waals surface area (Å²) in [6, 6.07) is 13.8. The molecule has 1 aliphatic heterocycles. The summed E-state index contributed by atoms with van der Waals surface area (Å²) < 4.78 is 26.7. The maximum Gasteiger partial charge on any atom is 0.338 e. The van der Waals surface area contributed by atoms with Crippen LogP contribution in [0.3, 0.4) is 0 Å². The molecule has 1 aromatic heterocycles. The lowest BCUT2D eigenvalue weighted by atomic mass is 9.96. The molecule has 1 atom stereocenters. The van der Waals surface area contributed by atoms with Gasteiger partial charge in [-0.15, -0.1) is 5.10 Å². The highest BCUT2D eigenvalue weighted by Crippen LogP contribution is 2.37. The topological polar surface area (TPSA) is 78.3 Å². The molecule has 0 aliphatic carbocycles. The van der Waals surface area contributed by atoms with Crippen LogP contribution in [0.15, 0.2) is 65.0 Å². The zero-order valence-corrected chi connectivity index (χ0v) is 21.1. The first-order valence-electron chi connectivity index (χ1n) is 11.5. The van der Waals surface area contributed by atoms with Gasteiger partial charge in [0.1, 0.15) is 17.6 Å². The summed E-state index contributed by atoms with van der Waals surface area (Å²) in [7, 11) is 1.36. The second-order valence-corrected chi connectivity index (χ2v) is 9.64. The number of fused-ring (bicyclic) bond motifs is 1. The average Bonchev–Trinajstić information content (AvgIpc) is 3.25. The average molecular weight is 497 g/mol. The fourth-order valence-corrected chi connectivity index (χ4v) is 4.61. The molecule has 0 saturated heterocycles. The van der Waals surface area contributed by atoms with Gasteiger partial charge in [0.05, 0.1) is 19.3 Å². The molecular formula is C26H29FN4O3S. The van der Waals surface area contributed by atoms with Crippen LogP contribution in [0.5, 0.6) is 5.75 Å². The van der Waals surface area contributed by atoms with Gasteiger partial charge >= 0.3 is 5.97 Å². The number of carbonyl (C=O) groups excluding carboxylic acids is 1. The Labute approximate surface area is 208 Å². The van der Waals surface area contributed by atoms with Crippen molar-refractivity contribution in [1.82, 2.24) is 14.8 Å². The highest BCUT2D eigenvalue weighted by molar-refractivity contribution is 7.98. The Morgan fingerprint density at radius 3 is 2.63 bits per heavy atom. The molecule has 7 nitrogen and oxygen atoms in total. The van der Waals surface area contributed by atoms with Crippen LogP contribution in [0, 0.1) is 11.7 Å². The molecule has 3 aromatic rings. The van der Waals surface area contributed by atoms with Gasteiger partial charge in [-0.2, -0.15) is 4.98 Å². The number of aromatic nitrogens is 3. The van der Waals surface area contributed by atoms with Crippen molar-refractivity contribution >= 4 is 23.7 Å². The van der Waals surface area contributed by atoms with Crippen molar-refractivity contribution in [1.29, 1.82) is 0 Å². The van der Waals surface area contributed by atoms with E-state index in [0.717, 1.165) is 17.7 Å². The van der Waals surface area contributed by atoms with Crippen molar-refractivity contribution in [2.45, 2.75) is 44.1 Å². The monoisotopic (exact) mass is 496 g/mol. The van der Waals surface area contributed by atoms with Crippen LogP contribution >= 0.6 is 11.8 Å². The number of ether oxygens (including phenoxy) is 2. The summed E-state index contributed by atoms with van der Waals surface area (Å²) in [5.74, 6) is 1.52. The fraction of sp³-hybridized carbons (Fsp3) is 0.346. The van der Waals surface area contributed by atoms with Crippen molar-refractivity contribution in [2.24, 2.45) is 5.92 Å². The van der Waals surface area contributed by atoms with E-state index in [1.54, 1.807) is 22.9 Å². The number of hydrogen-bond acceptors (Lipinski definition) is 7. The molecule has 9 heteroatoms. The molecule has 0 amide bonds. The lowest BCUT2D eigenvalue weighted by Crippen LogP contribution is -2.29. The van der Waals surface area contributed by atoms with E-state index >= 15 is 0 Å². The molecule has 2 aromatic carbocycles. The second kappa shape index (κ2) is 10.9. The molecule has 1 unspecified atom stereocenters. The van der Waals surface area contributed by atoms with Gasteiger partial charge in [-0.25, -0.2) is 13.9 Å². The molecule has 4 rings (SSSR count). The number of methoxy groups -OCH3 is 1. The van der Waals surface area contributed by atoms with Gasteiger partial charge in [0.15, 0.2) is 0 Å². The third-order valence-corrected chi connectivity index (χ3v) is 6.60. The van der Waals surface area contributed by atoms with Crippen molar-refractivity contribution < 1.29 is 18.7 Å². The molecule has 0 fully saturated rings.